The zero-order valence-corrected chi connectivity index (χ0v) is 12.0. The second-order valence-corrected chi connectivity index (χ2v) is 5.35. The summed E-state index contributed by atoms with van der Waals surface area (Å²) < 4.78 is 19.2. The van der Waals surface area contributed by atoms with Gasteiger partial charge >= 0.3 is 0 Å². The summed E-state index contributed by atoms with van der Waals surface area (Å²) in [6.45, 7) is 0. The number of hydrogen-bond acceptors (Lipinski definition) is 2. The fourth-order valence-electron chi connectivity index (χ4n) is 2.04. The Bertz CT molecular complexity index is 775. The maximum Gasteiger partial charge on any atom is 0.202 e. The third-order valence-corrected chi connectivity index (χ3v) is 3.67. The number of fused-ring (bicyclic) bond motifs is 1. The number of rotatable bonds is 3. The molecule has 0 spiro atoms. The molecular weight excluding hydrogens is 323 g/mol. The predicted molar refractivity (Wildman–Crippen MR) is 78.3 cm³/mol. The first-order valence-corrected chi connectivity index (χ1v) is 6.88. The van der Waals surface area contributed by atoms with Crippen LogP contribution in [0.25, 0.3) is 11.0 Å². The molecule has 100 valence electrons. The molecule has 2 aromatic carbocycles. The molecular formula is C16H10BrFO2. The van der Waals surface area contributed by atoms with E-state index < -0.39 is 0 Å². The van der Waals surface area contributed by atoms with Gasteiger partial charge in [0.05, 0.1) is 4.47 Å². The highest BCUT2D eigenvalue weighted by Crippen LogP contribution is 2.27. The Morgan fingerprint density at radius 3 is 2.60 bits per heavy atom. The van der Waals surface area contributed by atoms with Gasteiger partial charge in [-0.25, -0.2) is 4.39 Å². The van der Waals surface area contributed by atoms with Gasteiger partial charge in [-0.3, -0.25) is 4.79 Å². The summed E-state index contributed by atoms with van der Waals surface area (Å²) in [7, 11) is 0. The van der Waals surface area contributed by atoms with Crippen molar-refractivity contribution in [2.45, 2.75) is 6.42 Å². The van der Waals surface area contributed by atoms with Gasteiger partial charge < -0.3 is 4.42 Å². The number of para-hydroxylation sites is 1. The van der Waals surface area contributed by atoms with Crippen LogP contribution in [-0.2, 0) is 6.42 Å². The van der Waals surface area contributed by atoms with Crippen molar-refractivity contribution in [3.05, 3.63) is 70.1 Å². The van der Waals surface area contributed by atoms with Crippen molar-refractivity contribution in [2.75, 3.05) is 0 Å². The molecule has 0 amide bonds. The molecule has 0 bridgehead atoms. The van der Waals surface area contributed by atoms with Gasteiger partial charge in [0.25, 0.3) is 0 Å². The van der Waals surface area contributed by atoms with E-state index in [1.807, 2.05) is 18.2 Å². The summed E-state index contributed by atoms with van der Waals surface area (Å²) in [6, 6.07) is 13.3. The molecule has 4 heteroatoms. The van der Waals surface area contributed by atoms with E-state index in [2.05, 4.69) is 15.9 Å². The molecule has 20 heavy (non-hydrogen) atoms. The number of benzene rings is 2. The summed E-state index contributed by atoms with van der Waals surface area (Å²) >= 11 is 3.39. The van der Waals surface area contributed by atoms with E-state index in [1.54, 1.807) is 18.2 Å². The van der Waals surface area contributed by atoms with Crippen molar-refractivity contribution < 1.29 is 13.6 Å². The number of ketones is 1. The summed E-state index contributed by atoms with van der Waals surface area (Å²) in [5, 5.41) is 0.877. The Balaban J connectivity index is 1.89. The molecule has 0 N–H and O–H groups in total. The monoisotopic (exact) mass is 332 g/mol. The SMILES string of the molecule is O=C(Cc1ccc(F)cc1)c1cc2cccc(Br)c2o1. The largest absolute Gasteiger partial charge is 0.452 e. The van der Waals surface area contributed by atoms with Gasteiger partial charge in [0, 0.05) is 11.8 Å². The van der Waals surface area contributed by atoms with Gasteiger partial charge in [-0.15, -0.1) is 0 Å². The molecule has 3 aromatic rings. The lowest BCUT2D eigenvalue weighted by Crippen LogP contribution is -2.01. The van der Waals surface area contributed by atoms with Crippen LogP contribution in [0.2, 0.25) is 0 Å². The van der Waals surface area contributed by atoms with Gasteiger partial charge in [-0.05, 0) is 45.8 Å². The zero-order chi connectivity index (χ0) is 14.1. The van der Waals surface area contributed by atoms with Crippen LogP contribution in [0.15, 0.2) is 57.4 Å². The standard InChI is InChI=1S/C16H10BrFO2/c17-13-3-1-2-11-9-15(20-16(11)13)14(19)8-10-4-6-12(18)7-5-10/h1-7,9H,8H2. The second-order valence-electron chi connectivity index (χ2n) is 4.50. The van der Waals surface area contributed by atoms with Crippen molar-refractivity contribution in [2.24, 2.45) is 0 Å². The molecule has 0 unspecified atom stereocenters. The topological polar surface area (TPSA) is 30.2 Å². The van der Waals surface area contributed by atoms with Gasteiger partial charge in [-0.1, -0.05) is 24.3 Å². The predicted octanol–water partition coefficient (Wildman–Crippen LogP) is 4.76. The van der Waals surface area contributed by atoms with Crippen LogP contribution in [-0.4, -0.2) is 5.78 Å². The van der Waals surface area contributed by atoms with Crippen molar-refractivity contribution >= 4 is 32.7 Å². The van der Waals surface area contributed by atoms with Crippen molar-refractivity contribution in [3.63, 3.8) is 0 Å². The van der Waals surface area contributed by atoms with Crippen LogP contribution in [0.4, 0.5) is 4.39 Å². The Morgan fingerprint density at radius 2 is 1.90 bits per heavy atom. The fraction of sp³-hybridized carbons (Fsp3) is 0.0625. The highest BCUT2D eigenvalue weighted by atomic mass is 79.9. The molecule has 2 nitrogen and oxygen atoms in total. The van der Waals surface area contributed by atoms with E-state index in [-0.39, 0.29) is 18.0 Å². The first-order valence-electron chi connectivity index (χ1n) is 6.09. The third-order valence-electron chi connectivity index (χ3n) is 3.05. The quantitative estimate of drug-likeness (QED) is 0.647. The molecule has 0 saturated carbocycles. The number of Topliss-reactive ketones (excluding diaryl/α,β-unsaturated/α-hetero) is 1. The molecule has 0 saturated heterocycles. The number of carbonyl (C=O) groups is 1. The number of carbonyl (C=O) groups excluding carboxylic acids is 1. The van der Waals surface area contributed by atoms with Gasteiger partial charge in [0.1, 0.15) is 11.4 Å². The van der Waals surface area contributed by atoms with Crippen LogP contribution in [0.5, 0.6) is 0 Å². The Kier molecular flexibility index (Phi) is 3.40. The molecule has 0 aliphatic rings. The molecule has 1 heterocycles. The minimum absolute atomic E-state index is 0.125. The minimum atomic E-state index is -0.311. The Morgan fingerprint density at radius 1 is 1.15 bits per heavy atom. The van der Waals surface area contributed by atoms with E-state index in [1.165, 1.54) is 12.1 Å². The molecule has 3 rings (SSSR count). The molecule has 0 fully saturated rings. The van der Waals surface area contributed by atoms with Crippen molar-refractivity contribution in [1.82, 2.24) is 0 Å². The second kappa shape index (κ2) is 5.21. The average Bonchev–Trinajstić information content (AvgIpc) is 2.87. The van der Waals surface area contributed by atoms with Crippen LogP contribution in [0.3, 0.4) is 0 Å². The summed E-state index contributed by atoms with van der Waals surface area (Å²) in [6.07, 6.45) is 0.192. The van der Waals surface area contributed by atoms with Crippen molar-refractivity contribution in [1.29, 1.82) is 0 Å². The van der Waals surface area contributed by atoms with Crippen molar-refractivity contribution in [3.8, 4) is 0 Å². The molecule has 1 aromatic heterocycles. The van der Waals surface area contributed by atoms with Gasteiger partial charge in [0.2, 0.25) is 5.78 Å². The highest BCUT2D eigenvalue weighted by molar-refractivity contribution is 9.10. The van der Waals surface area contributed by atoms with Gasteiger partial charge in [-0.2, -0.15) is 0 Å². The highest BCUT2D eigenvalue weighted by Gasteiger charge is 2.14. The number of furan rings is 1. The molecule has 0 atom stereocenters. The lowest BCUT2D eigenvalue weighted by atomic mass is 10.1. The van der Waals surface area contributed by atoms with E-state index >= 15 is 0 Å². The first kappa shape index (κ1) is 13.1. The minimum Gasteiger partial charge on any atom is -0.452 e. The van der Waals surface area contributed by atoms with E-state index in [0.29, 0.717) is 11.3 Å². The Hall–Kier alpha value is -1.94. The van der Waals surface area contributed by atoms with Crippen LogP contribution >= 0.6 is 15.9 Å². The molecule has 0 aliphatic carbocycles. The average molecular weight is 333 g/mol. The number of hydrogen-bond donors (Lipinski definition) is 0. The molecule has 0 radical (unpaired) electrons. The summed E-state index contributed by atoms with van der Waals surface area (Å²) in [4.78, 5) is 12.2. The van der Waals surface area contributed by atoms with Crippen LogP contribution in [0.1, 0.15) is 16.1 Å². The maximum absolute atomic E-state index is 12.8. The molecule has 0 aliphatic heterocycles. The van der Waals surface area contributed by atoms with Gasteiger partial charge in [0.15, 0.2) is 5.76 Å². The Labute approximate surface area is 123 Å². The normalized spacial score (nSPS) is 10.9. The lowest BCUT2D eigenvalue weighted by Gasteiger charge is -1.98. The zero-order valence-electron chi connectivity index (χ0n) is 10.4. The fourth-order valence-corrected chi connectivity index (χ4v) is 2.50. The van der Waals surface area contributed by atoms with E-state index in [4.69, 9.17) is 4.42 Å². The smallest absolute Gasteiger partial charge is 0.202 e. The summed E-state index contributed by atoms with van der Waals surface area (Å²) in [5.41, 5.74) is 1.42. The van der Waals surface area contributed by atoms with E-state index in [0.717, 1.165) is 15.4 Å². The third kappa shape index (κ3) is 2.51. The van der Waals surface area contributed by atoms with Crippen LogP contribution in [0, 0.1) is 5.82 Å². The van der Waals surface area contributed by atoms with E-state index in [9.17, 15) is 9.18 Å². The lowest BCUT2D eigenvalue weighted by molar-refractivity contribution is 0.0968. The summed E-state index contributed by atoms with van der Waals surface area (Å²) in [5.74, 6) is -0.121. The first-order chi connectivity index (χ1) is 9.63. The van der Waals surface area contributed by atoms with Crippen LogP contribution < -0.4 is 0 Å². The maximum atomic E-state index is 12.8. The number of halogens is 2.